The van der Waals surface area contributed by atoms with E-state index >= 15 is 0 Å². The average Bonchev–Trinajstić information content (AvgIpc) is 2.27. The highest BCUT2D eigenvalue weighted by Gasteiger charge is 2.37. The summed E-state index contributed by atoms with van der Waals surface area (Å²) in [5.74, 6) is 0.156. The number of halogens is 1. The summed E-state index contributed by atoms with van der Waals surface area (Å²) in [6, 6.07) is 3.59. The van der Waals surface area contributed by atoms with Crippen molar-refractivity contribution in [1.82, 2.24) is 0 Å². The van der Waals surface area contributed by atoms with Gasteiger partial charge in [0.05, 0.1) is 6.61 Å². The minimum absolute atomic E-state index is 0.0520. The van der Waals surface area contributed by atoms with Crippen LogP contribution in [0.3, 0.4) is 0 Å². The van der Waals surface area contributed by atoms with Gasteiger partial charge in [-0.15, -0.1) is 0 Å². The zero-order valence-electron chi connectivity index (χ0n) is 12.1. The molecule has 1 aromatic carbocycles. The molecule has 0 atom stereocenters. The predicted molar refractivity (Wildman–Crippen MR) is 72.9 cm³/mol. The Morgan fingerprint density at radius 3 is 2.06 bits per heavy atom. The van der Waals surface area contributed by atoms with Gasteiger partial charge in [0.1, 0.15) is 0 Å². The van der Waals surface area contributed by atoms with Gasteiger partial charge < -0.3 is 4.74 Å². The quantitative estimate of drug-likeness (QED) is 0.747. The fraction of sp³-hybridized carbons (Fsp3) is 0.625. The van der Waals surface area contributed by atoms with Gasteiger partial charge in [-0.2, -0.15) is 0 Å². The van der Waals surface area contributed by atoms with Crippen molar-refractivity contribution in [2.45, 2.75) is 58.3 Å². The van der Waals surface area contributed by atoms with Crippen molar-refractivity contribution in [1.29, 1.82) is 0 Å². The van der Waals surface area contributed by atoms with Crippen molar-refractivity contribution in [3.8, 4) is 5.75 Å². The van der Waals surface area contributed by atoms with E-state index in [0.717, 1.165) is 18.4 Å². The number of rotatable bonds is 2. The van der Waals surface area contributed by atoms with Gasteiger partial charge in [0.2, 0.25) is 0 Å². The van der Waals surface area contributed by atoms with Crippen molar-refractivity contribution in [3.63, 3.8) is 0 Å². The van der Waals surface area contributed by atoms with E-state index < -0.39 is 0 Å². The number of ether oxygens (including phenoxy) is 1. The second kappa shape index (κ2) is 4.25. The van der Waals surface area contributed by atoms with E-state index in [-0.39, 0.29) is 16.6 Å². The first-order valence-electron chi connectivity index (χ1n) is 6.75. The lowest BCUT2D eigenvalue weighted by Crippen LogP contribution is -2.34. The van der Waals surface area contributed by atoms with Gasteiger partial charge >= 0.3 is 0 Å². The molecule has 0 N–H and O–H groups in total. The predicted octanol–water partition coefficient (Wildman–Crippen LogP) is 4.57. The Morgan fingerprint density at radius 1 is 1.06 bits per heavy atom. The third kappa shape index (κ3) is 2.13. The Labute approximate surface area is 109 Å². The molecule has 2 rings (SSSR count). The van der Waals surface area contributed by atoms with Crippen LogP contribution in [0, 0.1) is 5.82 Å². The van der Waals surface area contributed by atoms with Crippen molar-refractivity contribution in [2.24, 2.45) is 0 Å². The van der Waals surface area contributed by atoms with Crippen LogP contribution in [0.1, 0.15) is 58.6 Å². The molecule has 1 nitrogen and oxygen atoms in total. The lowest BCUT2D eigenvalue weighted by atomic mass is 9.63. The fourth-order valence-corrected chi connectivity index (χ4v) is 2.83. The SMILES string of the molecule is CCOc1cc2c(cc1F)C(C)(C)CCC2(C)C. The molecule has 0 unspecified atom stereocenters. The highest BCUT2D eigenvalue weighted by atomic mass is 19.1. The molecule has 0 radical (unpaired) electrons. The maximum atomic E-state index is 14.0. The Bertz CT molecular complexity index is 460. The van der Waals surface area contributed by atoms with E-state index in [2.05, 4.69) is 27.7 Å². The van der Waals surface area contributed by atoms with E-state index in [1.54, 1.807) is 6.07 Å². The molecule has 1 aromatic rings. The van der Waals surface area contributed by atoms with Crippen LogP contribution in [0.15, 0.2) is 12.1 Å². The largest absolute Gasteiger partial charge is 0.491 e. The van der Waals surface area contributed by atoms with Crippen LogP contribution in [0.4, 0.5) is 4.39 Å². The van der Waals surface area contributed by atoms with E-state index in [9.17, 15) is 4.39 Å². The van der Waals surface area contributed by atoms with E-state index in [1.165, 1.54) is 5.56 Å². The molecule has 18 heavy (non-hydrogen) atoms. The fourth-order valence-electron chi connectivity index (χ4n) is 2.83. The van der Waals surface area contributed by atoms with Crippen LogP contribution in [0.25, 0.3) is 0 Å². The summed E-state index contributed by atoms with van der Waals surface area (Å²) < 4.78 is 19.4. The highest BCUT2D eigenvalue weighted by Crippen LogP contribution is 2.47. The summed E-state index contributed by atoms with van der Waals surface area (Å²) in [6.45, 7) is 11.2. The monoisotopic (exact) mass is 250 g/mol. The first-order chi connectivity index (χ1) is 8.28. The lowest BCUT2D eigenvalue weighted by Gasteiger charge is -2.42. The molecule has 0 aliphatic heterocycles. The van der Waals surface area contributed by atoms with Gasteiger partial charge in [0, 0.05) is 0 Å². The minimum atomic E-state index is -0.235. The summed E-state index contributed by atoms with van der Waals surface area (Å²) in [7, 11) is 0. The smallest absolute Gasteiger partial charge is 0.165 e. The van der Waals surface area contributed by atoms with Crippen LogP contribution in [-0.4, -0.2) is 6.61 Å². The molecule has 0 saturated heterocycles. The molecule has 0 heterocycles. The van der Waals surface area contributed by atoms with Gasteiger partial charge in [-0.25, -0.2) is 4.39 Å². The topological polar surface area (TPSA) is 9.23 Å². The molecule has 0 aromatic heterocycles. The average molecular weight is 250 g/mol. The normalized spacial score (nSPS) is 20.3. The van der Waals surface area contributed by atoms with Gasteiger partial charge in [-0.1, -0.05) is 27.7 Å². The Morgan fingerprint density at radius 2 is 1.56 bits per heavy atom. The second-order valence-electron chi connectivity index (χ2n) is 6.53. The molecule has 1 aliphatic carbocycles. The molecular formula is C16H23FO. The summed E-state index contributed by atoms with van der Waals surface area (Å²) >= 11 is 0. The third-order valence-corrected chi connectivity index (χ3v) is 4.21. The number of benzene rings is 1. The van der Waals surface area contributed by atoms with E-state index in [1.807, 2.05) is 13.0 Å². The molecule has 0 spiro atoms. The van der Waals surface area contributed by atoms with Gasteiger partial charge in [-0.3, -0.25) is 0 Å². The van der Waals surface area contributed by atoms with Gasteiger partial charge in [-0.05, 0) is 53.9 Å². The summed E-state index contributed by atoms with van der Waals surface area (Å²) in [5, 5.41) is 0. The van der Waals surface area contributed by atoms with Crippen molar-refractivity contribution < 1.29 is 9.13 Å². The zero-order chi connectivity index (χ0) is 13.6. The number of hydrogen-bond acceptors (Lipinski definition) is 1. The number of hydrogen-bond donors (Lipinski definition) is 0. The van der Waals surface area contributed by atoms with Gasteiger partial charge in [0.15, 0.2) is 11.6 Å². The summed E-state index contributed by atoms with van der Waals surface area (Å²) in [6.07, 6.45) is 2.23. The standard InChI is InChI=1S/C16H23FO/c1-6-18-14-10-12-11(9-13(14)17)15(2,3)7-8-16(12,4)5/h9-10H,6-8H2,1-5H3. The Hall–Kier alpha value is -1.05. The molecule has 0 bridgehead atoms. The van der Waals surface area contributed by atoms with Crippen molar-refractivity contribution in [3.05, 3.63) is 29.1 Å². The maximum Gasteiger partial charge on any atom is 0.165 e. The molecule has 100 valence electrons. The lowest BCUT2D eigenvalue weighted by molar-refractivity contribution is 0.305. The summed E-state index contributed by atoms with van der Waals surface area (Å²) in [4.78, 5) is 0. The summed E-state index contributed by atoms with van der Waals surface area (Å²) in [5.41, 5.74) is 2.53. The molecule has 0 saturated carbocycles. The zero-order valence-corrected chi connectivity index (χ0v) is 12.1. The molecule has 0 amide bonds. The van der Waals surface area contributed by atoms with Crippen molar-refractivity contribution >= 4 is 0 Å². The van der Waals surface area contributed by atoms with Crippen LogP contribution < -0.4 is 4.74 Å². The first-order valence-corrected chi connectivity index (χ1v) is 6.75. The molecule has 2 heteroatoms. The molecule has 0 fully saturated rings. The van der Waals surface area contributed by atoms with Crippen LogP contribution in [0.2, 0.25) is 0 Å². The Kier molecular flexibility index (Phi) is 3.16. The minimum Gasteiger partial charge on any atom is -0.491 e. The van der Waals surface area contributed by atoms with Crippen LogP contribution >= 0.6 is 0 Å². The molecular weight excluding hydrogens is 227 g/mol. The first kappa shape index (κ1) is 13.4. The maximum absolute atomic E-state index is 14.0. The number of fused-ring (bicyclic) bond motifs is 1. The highest BCUT2D eigenvalue weighted by molar-refractivity contribution is 5.46. The van der Waals surface area contributed by atoms with Crippen LogP contribution in [-0.2, 0) is 10.8 Å². The third-order valence-electron chi connectivity index (χ3n) is 4.21. The van der Waals surface area contributed by atoms with Gasteiger partial charge in [0.25, 0.3) is 0 Å². The second-order valence-corrected chi connectivity index (χ2v) is 6.53. The molecule has 1 aliphatic rings. The van der Waals surface area contributed by atoms with E-state index in [4.69, 9.17) is 4.74 Å². The Balaban J connectivity index is 2.61. The van der Waals surface area contributed by atoms with E-state index in [0.29, 0.717) is 12.4 Å². The van der Waals surface area contributed by atoms with Crippen molar-refractivity contribution in [2.75, 3.05) is 6.61 Å². The van der Waals surface area contributed by atoms with Crippen LogP contribution in [0.5, 0.6) is 5.75 Å².